The van der Waals surface area contributed by atoms with Gasteiger partial charge in [-0.1, -0.05) is 34.1 Å². The number of nitrogen functional groups attached to an aromatic ring is 2. The Morgan fingerprint density at radius 1 is 1.19 bits per heavy atom. The van der Waals surface area contributed by atoms with E-state index in [1.807, 2.05) is 6.07 Å². The van der Waals surface area contributed by atoms with Crippen molar-refractivity contribution in [1.82, 2.24) is 9.97 Å². The number of hydrogen-bond donors (Lipinski definition) is 2. The van der Waals surface area contributed by atoms with Crippen LogP contribution in [0.5, 0.6) is 0 Å². The summed E-state index contributed by atoms with van der Waals surface area (Å²) in [5.41, 5.74) is 12.8. The molecule has 5 nitrogen and oxygen atoms in total. The maximum Gasteiger partial charge on any atom is 0.223 e. The molecule has 1 saturated heterocycles. The predicted octanol–water partition coefficient (Wildman–Crippen LogP) is 2.79. The van der Waals surface area contributed by atoms with E-state index in [-0.39, 0.29) is 5.95 Å². The lowest BCUT2D eigenvalue weighted by molar-refractivity contribution is 0.506. The summed E-state index contributed by atoms with van der Waals surface area (Å²) in [5.74, 6) is 1.94. The largest absolute Gasteiger partial charge is 0.383 e. The van der Waals surface area contributed by atoms with E-state index in [2.05, 4.69) is 49.0 Å². The van der Waals surface area contributed by atoms with Gasteiger partial charge in [-0.15, -0.1) is 0 Å². The van der Waals surface area contributed by atoms with E-state index in [4.69, 9.17) is 11.5 Å². The van der Waals surface area contributed by atoms with Crippen LogP contribution in [0.1, 0.15) is 24.3 Å². The van der Waals surface area contributed by atoms with Crippen molar-refractivity contribution in [3.8, 4) is 0 Å². The molecule has 3 rings (SSSR count). The van der Waals surface area contributed by atoms with Crippen LogP contribution in [0.15, 0.2) is 34.8 Å². The van der Waals surface area contributed by atoms with Crippen molar-refractivity contribution in [3.63, 3.8) is 0 Å². The first-order chi connectivity index (χ1) is 10.1. The first kappa shape index (κ1) is 14.1. The Kier molecular flexibility index (Phi) is 3.96. The van der Waals surface area contributed by atoms with E-state index in [1.54, 1.807) is 6.07 Å². The monoisotopic (exact) mass is 347 g/mol. The predicted molar refractivity (Wildman–Crippen MR) is 89.2 cm³/mol. The number of halogens is 1. The number of hydrogen-bond acceptors (Lipinski definition) is 5. The van der Waals surface area contributed by atoms with Crippen molar-refractivity contribution < 1.29 is 0 Å². The van der Waals surface area contributed by atoms with Crippen LogP contribution in [0.4, 0.5) is 17.6 Å². The molecule has 21 heavy (non-hydrogen) atoms. The third kappa shape index (κ3) is 3.10. The topological polar surface area (TPSA) is 81.1 Å². The molecule has 1 aliphatic heterocycles. The highest BCUT2D eigenvalue weighted by Gasteiger charge is 2.24. The van der Waals surface area contributed by atoms with Gasteiger partial charge in [0.05, 0.1) is 0 Å². The fourth-order valence-corrected chi connectivity index (χ4v) is 3.49. The second kappa shape index (κ2) is 5.89. The summed E-state index contributed by atoms with van der Waals surface area (Å²) in [7, 11) is 0. The minimum absolute atomic E-state index is 0.230. The van der Waals surface area contributed by atoms with Crippen molar-refractivity contribution in [3.05, 3.63) is 40.4 Å². The molecule has 1 aliphatic rings. The average molecular weight is 348 g/mol. The van der Waals surface area contributed by atoms with E-state index >= 15 is 0 Å². The van der Waals surface area contributed by atoms with Crippen molar-refractivity contribution in [2.45, 2.75) is 18.8 Å². The normalized spacial score (nSPS) is 18.7. The van der Waals surface area contributed by atoms with Gasteiger partial charge in [-0.25, -0.2) is 0 Å². The molecule has 6 heteroatoms. The molecule has 4 N–H and O–H groups in total. The molecule has 1 fully saturated rings. The quantitative estimate of drug-likeness (QED) is 0.872. The molecule has 1 unspecified atom stereocenters. The van der Waals surface area contributed by atoms with Crippen LogP contribution in [0.3, 0.4) is 0 Å². The minimum Gasteiger partial charge on any atom is -0.383 e. The lowest BCUT2D eigenvalue weighted by Gasteiger charge is -2.34. The molecular formula is C15H18BrN5. The fraction of sp³-hybridized carbons (Fsp3) is 0.333. The van der Waals surface area contributed by atoms with Gasteiger partial charge in [-0.05, 0) is 24.5 Å². The molecule has 1 atom stereocenters. The Balaban J connectivity index is 1.84. The van der Waals surface area contributed by atoms with Crippen molar-refractivity contribution in [2.24, 2.45) is 0 Å². The SMILES string of the molecule is Nc1cc(N2CCCC(c3ccccc3Br)C2)nc(N)n1. The summed E-state index contributed by atoms with van der Waals surface area (Å²) in [6.07, 6.45) is 2.30. The van der Waals surface area contributed by atoms with E-state index in [0.717, 1.165) is 25.3 Å². The van der Waals surface area contributed by atoms with E-state index < -0.39 is 0 Å². The van der Waals surface area contributed by atoms with Crippen molar-refractivity contribution in [2.75, 3.05) is 29.5 Å². The molecule has 2 heterocycles. The third-order valence-corrected chi connectivity index (χ3v) is 4.56. The Morgan fingerprint density at radius 2 is 2.00 bits per heavy atom. The van der Waals surface area contributed by atoms with Crippen molar-refractivity contribution in [1.29, 1.82) is 0 Å². The molecule has 0 bridgehead atoms. The first-order valence-corrected chi connectivity index (χ1v) is 7.82. The van der Waals surface area contributed by atoms with Gasteiger partial charge in [-0.2, -0.15) is 9.97 Å². The van der Waals surface area contributed by atoms with Gasteiger partial charge in [0.2, 0.25) is 5.95 Å². The third-order valence-electron chi connectivity index (χ3n) is 3.84. The highest BCUT2D eigenvalue weighted by atomic mass is 79.9. The van der Waals surface area contributed by atoms with Crippen LogP contribution >= 0.6 is 15.9 Å². The van der Waals surface area contributed by atoms with Crippen molar-refractivity contribution >= 4 is 33.5 Å². The molecule has 0 radical (unpaired) electrons. The Morgan fingerprint density at radius 3 is 2.76 bits per heavy atom. The van der Waals surface area contributed by atoms with Gasteiger partial charge in [0.25, 0.3) is 0 Å². The highest BCUT2D eigenvalue weighted by molar-refractivity contribution is 9.10. The lowest BCUT2D eigenvalue weighted by atomic mass is 9.90. The first-order valence-electron chi connectivity index (χ1n) is 7.03. The van der Waals surface area contributed by atoms with Crippen LogP contribution in [-0.2, 0) is 0 Å². The maximum atomic E-state index is 5.77. The van der Waals surface area contributed by atoms with Crippen LogP contribution in [-0.4, -0.2) is 23.1 Å². The molecule has 0 aliphatic carbocycles. The molecule has 1 aromatic heterocycles. The fourth-order valence-electron chi connectivity index (χ4n) is 2.88. The smallest absolute Gasteiger partial charge is 0.223 e. The molecule has 2 aromatic rings. The molecular weight excluding hydrogens is 330 g/mol. The lowest BCUT2D eigenvalue weighted by Crippen LogP contribution is -2.35. The van der Waals surface area contributed by atoms with E-state index in [9.17, 15) is 0 Å². The molecule has 1 aromatic carbocycles. The summed E-state index contributed by atoms with van der Waals surface area (Å²) in [4.78, 5) is 10.5. The van der Waals surface area contributed by atoms with Crippen LogP contribution in [0.25, 0.3) is 0 Å². The Hall–Kier alpha value is -1.82. The molecule has 0 saturated carbocycles. The number of benzene rings is 1. The second-order valence-electron chi connectivity index (χ2n) is 5.32. The molecule has 110 valence electrons. The highest BCUT2D eigenvalue weighted by Crippen LogP contribution is 2.33. The Labute approximate surface area is 132 Å². The maximum absolute atomic E-state index is 5.77. The van der Waals surface area contributed by atoms with E-state index in [1.165, 1.54) is 16.5 Å². The van der Waals surface area contributed by atoms with Gasteiger partial charge in [0.15, 0.2) is 0 Å². The van der Waals surface area contributed by atoms with E-state index in [0.29, 0.717) is 11.7 Å². The average Bonchev–Trinajstić information content (AvgIpc) is 2.47. The summed E-state index contributed by atoms with van der Waals surface area (Å²) in [5, 5.41) is 0. The summed E-state index contributed by atoms with van der Waals surface area (Å²) < 4.78 is 1.17. The molecule has 0 amide bonds. The number of anilines is 3. The standard InChI is InChI=1S/C15H18BrN5/c16-12-6-2-1-5-11(12)10-4-3-7-21(9-10)14-8-13(17)19-15(18)20-14/h1-2,5-6,8,10H,3-4,7,9H2,(H4,17,18,19,20). The van der Waals surface area contributed by atoms with Gasteiger partial charge in [0, 0.05) is 29.5 Å². The van der Waals surface area contributed by atoms with Crippen LogP contribution in [0.2, 0.25) is 0 Å². The van der Waals surface area contributed by atoms with Gasteiger partial charge >= 0.3 is 0 Å². The second-order valence-corrected chi connectivity index (χ2v) is 6.17. The summed E-state index contributed by atoms with van der Waals surface area (Å²) in [6, 6.07) is 10.2. The number of rotatable bonds is 2. The van der Waals surface area contributed by atoms with Crippen LogP contribution < -0.4 is 16.4 Å². The van der Waals surface area contributed by atoms with Gasteiger partial charge in [-0.3, -0.25) is 0 Å². The zero-order valence-corrected chi connectivity index (χ0v) is 13.3. The summed E-state index contributed by atoms with van der Waals surface area (Å²) >= 11 is 3.65. The van der Waals surface area contributed by atoms with Crippen LogP contribution in [0, 0.1) is 0 Å². The zero-order valence-electron chi connectivity index (χ0n) is 11.7. The number of nitrogens with zero attached hydrogens (tertiary/aromatic N) is 3. The number of nitrogens with two attached hydrogens (primary N) is 2. The number of piperidine rings is 1. The Bertz CT molecular complexity index is 625. The van der Waals surface area contributed by atoms with Gasteiger partial charge < -0.3 is 16.4 Å². The number of aromatic nitrogens is 2. The minimum atomic E-state index is 0.230. The van der Waals surface area contributed by atoms with Gasteiger partial charge in [0.1, 0.15) is 11.6 Å². The molecule has 0 spiro atoms. The summed E-state index contributed by atoms with van der Waals surface area (Å²) in [6.45, 7) is 1.88. The zero-order chi connectivity index (χ0) is 14.8.